The molecule has 0 atom stereocenters. The molecule has 0 spiro atoms. The van der Waals surface area contributed by atoms with E-state index in [9.17, 15) is 4.79 Å². The Kier molecular flexibility index (Phi) is 3.09. The number of hydrogen-bond acceptors (Lipinski definition) is 2. The molecular formula is C9H11N3O. The standard InChI is InChI=1S/C9H11N3O/c1-3-4-10-9(13)7-12-6-8(2)5-11-12/h1,5-6H,4,7H2,2H3,(H,10,13). The third kappa shape index (κ3) is 2.99. The molecule has 1 heterocycles. The maximum absolute atomic E-state index is 11.1. The molecule has 0 radical (unpaired) electrons. The van der Waals surface area contributed by atoms with E-state index in [4.69, 9.17) is 6.42 Å². The summed E-state index contributed by atoms with van der Waals surface area (Å²) in [5, 5.41) is 6.52. The van der Waals surface area contributed by atoms with Crippen molar-refractivity contribution in [2.45, 2.75) is 13.5 Å². The Balaban J connectivity index is 2.41. The first-order chi connectivity index (χ1) is 6.22. The summed E-state index contributed by atoms with van der Waals surface area (Å²) in [4.78, 5) is 11.1. The van der Waals surface area contributed by atoms with Crippen LogP contribution in [-0.2, 0) is 11.3 Å². The van der Waals surface area contributed by atoms with Gasteiger partial charge in [-0.15, -0.1) is 6.42 Å². The fourth-order valence-electron chi connectivity index (χ4n) is 0.906. The van der Waals surface area contributed by atoms with Gasteiger partial charge in [0, 0.05) is 6.20 Å². The van der Waals surface area contributed by atoms with E-state index in [0.29, 0.717) is 0 Å². The van der Waals surface area contributed by atoms with Crippen LogP contribution in [0, 0.1) is 19.3 Å². The van der Waals surface area contributed by atoms with Gasteiger partial charge in [0.05, 0.1) is 12.7 Å². The normalized spacial score (nSPS) is 9.23. The van der Waals surface area contributed by atoms with Crippen molar-refractivity contribution in [1.82, 2.24) is 15.1 Å². The smallest absolute Gasteiger partial charge is 0.242 e. The van der Waals surface area contributed by atoms with Gasteiger partial charge in [-0.2, -0.15) is 5.10 Å². The molecule has 1 rings (SSSR count). The summed E-state index contributed by atoms with van der Waals surface area (Å²) in [5.74, 6) is 2.20. The van der Waals surface area contributed by atoms with Crippen molar-refractivity contribution in [2.75, 3.05) is 6.54 Å². The van der Waals surface area contributed by atoms with Crippen molar-refractivity contribution in [3.63, 3.8) is 0 Å². The number of carbonyl (C=O) groups is 1. The van der Waals surface area contributed by atoms with Crippen LogP contribution in [0.2, 0.25) is 0 Å². The molecule has 1 N–H and O–H groups in total. The number of aromatic nitrogens is 2. The Morgan fingerprint density at radius 2 is 2.62 bits per heavy atom. The highest BCUT2D eigenvalue weighted by Gasteiger charge is 2.01. The van der Waals surface area contributed by atoms with Gasteiger partial charge < -0.3 is 5.32 Å². The number of carbonyl (C=O) groups excluding carboxylic acids is 1. The van der Waals surface area contributed by atoms with Gasteiger partial charge in [-0.05, 0) is 12.5 Å². The van der Waals surface area contributed by atoms with Crippen molar-refractivity contribution >= 4 is 5.91 Å². The molecule has 0 aliphatic carbocycles. The minimum absolute atomic E-state index is 0.124. The molecule has 0 saturated carbocycles. The summed E-state index contributed by atoms with van der Waals surface area (Å²) in [6, 6.07) is 0. The molecule has 0 unspecified atom stereocenters. The number of nitrogens with one attached hydrogen (secondary N) is 1. The maximum atomic E-state index is 11.1. The van der Waals surface area contributed by atoms with Gasteiger partial charge in [-0.1, -0.05) is 5.92 Å². The Morgan fingerprint density at radius 1 is 1.85 bits per heavy atom. The Labute approximate surface area is 76.9 Å². The average Bonchev–Trinajstić information content (AvgIpc) is 2.48. The zero-order valence-electron chi connectivity index (χ0n) is 7.45. The topological polar surface area (TPSA) is 46.9 Å². The molecule has 0 aromatic carbocycles. The highest BCUT2D eigenvalue weighted by atomic mass is 16.2. The van der Waals surface area contributed by atoms with Crippen LogP contribution in [-0.4, -0.2) is 22.2 Å². The van der Waals surface area contributed by atoms with E-state index in [-0.39, 0.29) is 19.0 Å². The summed E-state index contributed by atoms with van der Waals surface area (Å²) in [7, 11) is 0. The van der Waals surface area contributed by atoms with Crippen molar-refractivity contribution in [1.29, 1.82) is 0 Å². The molecule has 13 heavy (non-hydrogen) atoms. The van der Waals surface area contributed by atoms with E-state index in [2.05, 4.69) is 16.3 Å². The van der Waals surface area contributed by atoms with Crippen LogP contribution in [0.5, 0.6) is 0 Å². The van der Waals surface area contributed by atoms with Crippen LogP contribution in [0.1, 0.15) is 5.56 Å². The quantitative estimate of drug-likeness (QED) is 0.657. The third-order valence-corrected chi connectivity index (χ3v) is 1.46. The van der Waals surface area contributed by atoms with Gasteiger partial charge in [-0.25, -0.2) is 0 Å². The van der Waals surface area contributed by atoms with Crippen molar-refractivity contribution < 1.29 is 4.79 Å². The molecule has 0 saturated heterocycles. The lowest BCUT2D eigenvalue weighted by Crippen LogP contribution is -2.27. The van der Waals surface area contributed by atoms with E-state index in [1.165, 1.54) is 0 Å². The molecular weight excluding hydrogens is 166 g/mol. The Morgan fingerprint density at radius 3 is 3.15 bits per heavy atom. The summed E-state index contributed by atoms with van der Waals surface area (Å²) >= 11 is 0. The van der Waals surface area contributed by atoms with Crippen LogP contribution < -0.4 is 5.32 Å². The van der Waals surface area contributed by atoms with Gasteiger partial charge in [0.25, 0.3) is 0 Å². The summed E-state index contributed by atoms with van der Waals surface area (Å²) < 4.78 is 1.57. The predicted octanol–water partition coefficient (Wildman–Crippen LogP) is -0.0591. The lowest BCUT2D eigenvalue weighted by atomic mass is 10.4. The number of rotatable bonds is 3. The first-order valence-corrected chi connectivity index (χ1v) is 3.91. The average molecular weight is 177 g/mol. The fourth-order valence-corrected chi connectivity index (χ4v) is 0.906. The molecule has 0 aliphatic rings. The maximum Gasteiger partial charge on any atom is 0.242 e. The molecule has 1 aromatic heterocycles. The molecule has 0 aliphatic heterocycles. The molecule has 0 bridgehead atoms. The highest BCUT2D eigenvalue weighted by molar-refractivity contribution is 5.75. The first kappa shape index (κ1) is 9.33. The minimum atomic E-state index is -0.124. The second-order valence-corrected chi connectivity index (χ2v) is 2.70. The predicted molar refractivity (Wildman–Crippen MR) is 48.8 cm³/mol. The van der Waals surface area contributed by atoms with Crippen molar-refractivity contribution in [3.05, 3.63) is 18.0 Å². The molecule has 4 heteroatoms. The van der Waals surface area contributed by atoms with E-state index in [0.717, 1.165) is 5.56 Å². The number of hydrogen-bond donors (Lipinski definition) is 1. The zero-order valence-corrected chi connectivity index (χ0v) is 7.45. The van der Waals surface area contributed by atoms with E-state index in [1.54, 1.807) is 17.1 Å². The SMILES string of the molecule is C#CCNC(=O)Cn1cc(C)cn1. The van der Waals surface area contributed by atoms with Gasteiger partial charge in [0.2, 0.25) is 5.91 Å². The molecule has 1 aromatic rings. The highest BCUT2D eigenvalue weighted by Crippen LogP contribution is 1.93. The number of terminal acetylenes is 1. The second kappa shape index (κ2) is 4.31. The molecule has 68 valence electrons. The summed E-state index contributed by atoms with van der Waals surface area (Å²) in [6.07, 6.45) is 8.49. The van der Waals surface area contributed by atoms with Gasteiger partial charge in [-0.3, -0.25) is 9.48 Å². The van der Waals surface area contributed by atoms with Crippen LogP contribution in [0.25, 0.3) is 0 Å². The monoisotopic (exact) mass is 177 g/mol. The molecule has 1 amide bonds. The second-order valence-electron chi connectivity index (χ2n) is 2.70. The van der Waals surface area contributed by atoms with Crippen LogP contribution in [0.4, 0.5) is 0 Å². The van der Waals surface area contributed by atoms with Gasteiger partial charge >= 0.3 is 0 Å². The van der Waals surface area contributed by atoms with E-state index >= 15 is 0 Å². The van der Waals surface area contributed by atoms with Crippen LogP contribution in [0.15, 0.2) is 12.4 Å². The minimum Gasteiger partial charge on any atom is -0.344 e. The summed E-state index contributed by atoms with van der Waals surface area (Å²) in [5.41, 5.74) is 1.03. The zero-order chi connectivity index (χ0) is 9.68. The Hall–Kier alpha value is -1.76. The van der Waals surface area contributed by atoms with E-state index in [1.807, 2.05) is 6.92 Å². The van der Waals surface area contributed by atoms with Crippen molar-refractivity contribution in [3.8, 4) is 12.3 Å². The molecule has 0 fully saturated rings. The van der Waals surface area contributed by atoms with Gasteiger partial charge in [0.1, 0.15) is 6.54 Å². The van der Waals surface area contributed by atoms with Gasteiger partial charge in [0.15, 0.2) is 0 Å². The van der Waals surface area contributed by atoms with Crippen LogP contribution >= 0.6 is 0 Å². The lowest BCUT2D eigenvalue weighted by molar-refractivity contribution is -0.121. The third-order valence-electron chi connectivity index (χ3n) is 1.46. The number of amides is 1. The number of nitrogens with zero attached hydrogens (tertiary/aromatic N) is 2. The van der Waals surface area contributed by atoms with Crippen molar-refractivity contribution in [2.24, 2.45) is 0 Å². The lowest BCUT2D eigenvalue weighted by Gasteiger charge is -2.00. The van der Waals surface area contributed by atoms with Crippen LogP contribution in [0.3, 0.4) is 0 Å². The summed E-state index contributed by atoms with van der Waals surface area (Å²) in [6.45, 7) is 2.40. The van der Waals surface area contributed by atoms with E-state index < -0.39 is 0 Å². The number of aryl methyl sites for hydroxylation is 1. The first-order valence-electron chi connectivity index (χ1n) is 3.91. The fraction of sp³-hybridized carbons (Fsp3) is 0.333. The Bertz CT molecular complexity index is 335. The largest absolute Gasteiger partial charge is 0.344 e. The molecule has 4 nitrogen and oxygen atoms in total.